The Balaban J connectivity index is 3.47. The fourth-order valence-corrected chi connectivity index (χ4v) is 0.705. The lowest BCUT2D eigenvalue weighted by Crippen LogP contribution is -2.21. The Labute approximate surface area is 61.0 Å². The molecule has 0 aromatic carbocycles. The maximum absolute atomic E-state index is 9.92. The zero-order chi connectivity index (χ0) is 7.98. The van der Waals surface area contributed by atoms with Crippen LogP contribution >= 0.6 is 0 Å². The Morgan fingerprint density at radius 1 is 1.70 bits per heavy atom. The van der Waals surface area contributed by atoms with Crippen molar-refractivity contribution in [3.8, 4) is 0 Å². The van der Waals surface area contributed by atoms with Crippen molar-refractivity contribution in [1.82, 2.24) is 0 Å². The number of methoxy groups -OCH3 is 1. The molecule has 0 bridgehead atoms. The van der Waals surface area contributed by atoms with Gasteiger partial charge >= 0.3 is 0 Å². The van der Waals surface area contributed by atoms with Gasteiger partial charge in [0.05, 0.1) is 12.7 Å². The molecule has 0 aliphatic rings. The minimum absolute atomic E-state index is 0.0372. The SMILES string of the molecule is COCC(C)C(O)CC=O. The Morgan fingerprint density at radius 2 is 2.30 bits per heavy atom. The molecule has 0 amide bonds. The van der Waals surface area contributed by atoms with Gasteiger partial charge in [0.1, 0.15) is 6.29 Å². The summed E-state index contributed by atoms with van der Waals surface area (Å²) >= 11 is 0. The van der Waals surface area contributed by atoms with E-state index in [1.807, 2.05) is 6.92 Å². The highest BCUT2D eigenvalue weighted by molar-refractivity contribution is 5.50. The minimum atomic E-state index is -0.558. The third-order valence-electron chi connectivity index (χ3n) is 1.42. The van der Waals surface area contributed by atoms with E-state index in [0.717, 1.165) is 6.29 Å². The van der Waals surface area contributed by atoms with Crippen LogP contribution in [-0.4, -0.2) is 31.2 Å². The van der Waals surface area contributed by atoms with Gasteiger partial charge < -0.3 is 14.6 Å². The summed E-state index contributed by atoms with van der Waals surface area (Å²) in [5, 5.41) is 9.14. The Hall–Kier alpha value is -0.410. The van der Waals surface area contributed by atoms with Crippen LogP contribution in [0.1, 0.15) is 13.3 Å². The van der Waals surface area contributed by atoms with Gasteiger partial charge in [-0.3, -0.25) is 0 Å². The van der Waals surface area contributed by atoms with Crippen LogP contribution in [0.2, 0.25) is 0 Å². The average Bonchev–Trinajstić information content (AvgIpc) is 1.89. The maximum Gasteiger partial charge on any atom is 0.122 e. The van der Waals surface area contributed by atoms with E-state index in [0.29, 0.717) is 6.61 Å². The molecule has 0 spiro atoms. The monoisotopic (exact) mass is 146 g/mol. The summed E-state index contributed by atoms with van der Waals surface area (Å²) in [5.74, 6) is 0.0372. The lowest BCUT2D eigenvalue weighted by atomic mass is 10.0. The molecular formula is C7H14O3. The van der Waals surface area contributed by atoms with Crippen LogP contribution < -0.4 is 0 Å². The Morgan fingerprint density at radius 3 is 2.70 bits per heavy atom. The molecule has 0 rings (SSSR count). The quantitative estimate of drug-likeness (QED) is 0.564. The molecule has 3 nitrogen and oxygen atoms in total. The Bertz CT molecular complexity index is 92.9. The number of aldehydes is 1. The van der Waals surface area contributed by atoms with Crippen molar-refractivity contribution < 1.29 is 14.6 Å². The molecule has 0 radical (unpaired) electrons. The number of aliphatic hydroxyl groups excluding tert-OH is 1. The van der Waals surface area contributed by atoms with Crippen molar-refractivity contribution in [3.63, 3.8) is 0 Å². The van der Waals surface area contributed by atoms with Gasteiger partial charge in [-0.1, -0.05) is 6.92 Å². The molecule has 0 aliphatic heterocycles. The maximum atomic E-state index is 9.92. The van der Waals surface area contributed by atoms with Crippen LogP contribution in [0.25, 0.3) is 0 Å². The van der Waals surface area contributed by atoms with Crippen molar-refractivity contribution >= 4 is 6.29 Å². The fraction of sp³-hybridized carbons (Fsp3) is 0.857. The van der Waals surface area contributed by atoms with E-state index in [1.54, 1.807) is 7.11 Å². The molecule has 3 heteroatoms. The van der Waals surface area contributed by atoms with Crippen LogP contribution in [0.15, 0.2) is 0 Å². The molecule has 0 saturated heterocycles. The fourth-order valence-electron chi connectivity index (χ4n) is 0.705. The molecule has 0 fully saturated rings. The second-order valence-electron chi connectivity index (χ2n) is 2.40. The summed E-state index contributed by atoms with van der Waals surface area (Å²) in [7, 11) is 1.57. The number of hydrogen-bond donors (Lipinski definition) is 1. The van der Waals surface area contributed by atoms with E-state index >= 15 is 0 Å². The van der Waals surface area contributed by atoms with Crippen molar-refractivity contribution in [2.24, 2.45) is 5.92 Å². The van der Waals surface area contributed by atoms with Crippen LogP contribution in [0.3, 0.4) is 0 Å². The molecule has 2 atom stereocenters. The third kappa shape index (κ3) is 3.58. The standard InChI is InChI=1S/C7H14O3/c1-6(5-10-2)7(9)3-4-8/h4,6-7,9H,3,5H2,1-2H3. The number of ether oxygens (including phenoxy) is 1. The lowest BCUT2D eigenvalue weighted by Gasteiger charge is -2.14. The molecular weight excluding hydrogens is 132 g/mol. The van der Waals surface area contributed by atoms with Crippen molar-refractivity contribution in [1.29, 1.82) is 0 Å². The number of aliphatic hydroxyl groups is 1. The molecule has 0 aromatic rings. The predicted octanol–water partition coefficient (Wildman–Crippen LogP) is 0.219. The summed E-state index contributed by atoms with van der Waals surface area (Å²) in [6.45, 7) is 2.34. The second kappa shape index (κ2) is 5.38. The molecule has 0 aliphatic carbocycles. The van der Waals surface area contributed by atoms with E-state index in [4.69, 9.17) is 9.84 Å². The first-order valence-electron chi connectivity index (χ1n) is 3.33. The van der Waals surface area contributed by atoms with Crippen LogP contribution in [0, 0.1) is 5.92 Å². The Kier molecular flexibility index (Phi) is 5.16. The van der Waals surface area contributed by atoms with Gasteiger partial charge in [-0.25, -0.2) is 0 Å². The molecule has 1 N–H and O–H groups in total. The number of rotatable bonds is 5. The smallest absolute Gasteiger partial charge is 0.122 e. The molecule has 10 heavy (non-hydrogen) atoms. The topological polar surface area (TPSA) is 46.5 Å². The van der Waals surface area contributed by atoms with Crippen LogP contribution in [-0.2, 0) is 9.53 Å². The molecule has 60 valence electrons. The van der Waals surface area contributed by atoms with Gasteiger partial charge in [-0.15, -0.1) is 0 Å². The van der Waals surface area contributed by atoms with Crippen molar-refractivity contribution in [2.75, 3.05) is 13.7 Å². The summed E-state index contributed by atoms with van der Waals surface area (Å²) in [6, 6.07) is 0. The first kappa shape index (κ1) is 9.59. The minimum Gasteiger partial charge on any atom is -0.392 e. The molecule has 0 aromatic heterocycles. The predicted molar refractivity (Wildman–Crippen MR) is 37.7 cm³/mol. The van der Waals surface area contributed by atoms with Crippen LogP contribution in [0.5, 0.6) is 0 Å². The zero-order valence-corrected chi connectivity index (χ0v) is 6.41. The first-order chi connectivity index (χ1) is 4.72. The van der Waals surface area contributed by atoms with Crippen molar-refractivity contribution in [3.05, 3.63) is 0 Å². The van der Waals surface area contributed by atoms with Crippen molar-refractivity contribution in [2.45, 2.75) is 19.4 Å². The van der Waals surface area contributed by atoms with Gasteiger partial charge in [-0.2, -0.15) is 0 Å². The van der Waals surface area contributed by atoms with Gasteiger partial charge in [0.2, 0.25) is 0 Å². The van der Waals surface area contributed by atoms with Gasteiger partial charge in [0.15, 0.2) is 0 Å². The number of carbonyl (C=O) groups excluding carboxylic acids is 1. The van der Waals surface area contributed by atoms with E-state index in [1.165, 1.54) is 0 Å². The van der Waals surface area contributed by atoms with E-state index in [9.17, 15) is 4.79 Å². The summed E-state index contributed by atoms with van der Waals surface area (Å²) < 4.78 is 4.80. The van der Waals surface area contributed by atoms with E-state index in [-0.39, 0.29) is 12.3 Å². The van der Waals surface area contributed by atoms with Gasteiger partial charge in [-0.05, 0) is 0 Å². The number of carbonyl (C=O) groups is 1. The molecule has 0 heterocycles. The lowest BCUT2D eigenvalue weighted by molar-refractivity contribution is -0.110. The van der Waals surface area contributed by atoms with Crippen LogP contribution in [0.4, 0.5) is 0 Å². The molecule has 0 saturated carbocycles. The van der Waals surface area contributed by atoms with Gasteiger partial charge in [0, 0.05) is 19.4 Å². The summed E-state index contributed by atoms with van der Waals surface area (Å²) in [5.41, 5.74) is 0. The highest BCUT2D eigenvalue weighted by atomic mass is 16.5. The second-order valence-corrected chi connectivity index (χ2v) is 2.40. The average molecular weight is 146 g/mol. The number of hydrogen-bond acceptors (Lipinski definition) is 3. The summed E-state index contributed by atoms with van der Waals surface area (Å²) in [6.07, 6.45) is 0.360. The normalized spacial score (nSPS) is 16.3. The third-order valence-corrected chi connectivity index (χ3v) is 1.42. The zero-order valence-electron chi connectivity index (χ0n) is 6.41. The largest absolute Gasteiger partial charge is 0.392 e. The van der Waals surface area contributed by atoms with E-state index < -0.39 is 6.10 Å². The first-order valence-corrected chi connectivity index (χ1v) is 3.33. The summed E-state index contributed by atoms with van der Waals surface area (Å²) in [4.78, 5) is 9.92. The van der Waals surface area contributed by atoms with Gasteiger partial charge in [0.25, 0.3) is 0 Å². The highest BCUT2D eigenvalue weighted by Crippen LogP contribution is 2.04. The molecule has 2 unspecified atom stereocenters. The van der Waals surface area contributed by atoms with E-state index in [2.05, 4.69) is 0 Å². The highest BCUT2D eigenvalue weighted by Gasteiger charge is 2.12.